The molecule has 0 unspecified atom stereocenters. The summed E-state index contributed by atoms with van der Waals surface area (Å²) in [4.78, 5) is 11.8. The second-order valence-corrected chi connectivity index (χ2v) is 4.44. The Labute approximate surface area is 90.4 Å². The Kier molecular flexibility index (Phi) is 3.35. The lowest BCUT2D eigenvalue weighted by atomic mass is 10.1. The highest BCUT2D eigenvalue weighted by atomic mass is 16.5. The molecule has 1 rings (SSSR count). The number of methoxy groups -OCH3 is 1. The standard InChI is InChI=1S/C12H17NO2/c1-12(2,3)13-11(14)9-6-5-7-10(8-9)15-4/h5-8H,1-4H3,(H,13,14). The van der Waals surface area contributed by atoms with Crippen LogP contribution in [0.1, 0.15) is 31.1 Å². The molecule has 82 valence electrons. The van der Waals surface area contributed by atoms with Gasteiger partial charge in [0.05, 0.1) is 7.11 Å². The van der Waals surface area contributed by atoms with Gasteiger partial charge in [0.1, 0.15) is 5.75 Å². The molecule has 0 radical (unpaired) electrons. The van der Waals surface area contributed by atoms with E-state index in [2.05, 4.69) is 5.32 Å². The van der Waals surface area contributed by atoms with E-state index < -0.39 is 0 Å². The third-order valence-corrected chi connectivity index (χ3v) is 1.82. The molecule has 0 aromatic heterocycles. The van der Waals surface area contributed by atoms with Crippen molar-refractivity contribution in [3.8, 4) is 5.75 Å². The molecule has 3 nitrogen and oxygen atoms in total. The average molecular weight is 207 g/mol. The number of amides is 1. The molecule has 0 aliphatic carbocycles. The number of carbonyl (C=O) groups is 1. The van der Waals surface area contributed by atoms with Crippen LogP contribution in [0.4, 0.5) is 0 Å². The largest absolute Gasteiger partial charge is 0.497 e. The molecule has 1 N–H and O–H groups in total. The summed E-state index contributed by atoms with van der Waals surface area (Å²) in [5.41, 5.74) is 0.393. The first-order chi connectivity index (χ1) is 6.92. The fourth-order valence-electron chi connectivity index (χ4n) is 1.18. The number of hydrogen-bond acceptors (Lipinski definition) is 2. The van der Waals surface area contributed by atoms with Crippen molar-refractivity contribution in [3.63, 3.8) is 0 Å². The van der Waals surface area contributed by atoms with Gasteiger partial charge in [0.25, 0.3) is 5.91 Å². The molecule has 0 fully saturated rings. The van der Waals surface area contributed by atoms with Gasteiger partial charge in [-0.2, -0.15) is 0 Å². The second kappa shape index (κ2) is 4.34. The molecular formula is C12H17NO2. The topological polar surface area (TPSA) is 38.3 Å². The Hall–Kier alpha value is -1.51. The van der Waals surface area contributed by atoms with Crippen molar-refractivity contribution in [2.24, 2.45) is 0 Å². The molecule has 1 aromatic carbocycles. The molecule has 0 spiro atoms. The van der Waals surface area contributed by atoms with Gasteiger partial charge in [-0.1, -0.05) is 6.07 Å². The molecule has 0 bridgehead atoms. The summed E-state index contributed by atoms with van der Waals surface area (Å²) < 4.78 is 5.06. The molecular weight excluding hydrogens is 190 g/mol. The molecule has 0 atom stereocenters. The third kappa shape index (κ3) is 3.62. The van der Waals surface area contributed by atoms with Crippen LogP contribution in [0.5, 0.6) is 5.75 Å². The Morgan fingerprint density at radius 3 is 2.53 bits per heavy atom. The van der Waals surface area contributed by atoms with E-state index >= 15 is 0 Å². The van der Waals surface area contributed by atoms with Crippen molar-refractivity contribution in [3.05, 3.63) is 29.8 Å². The van der Waals surface area contributed by atoms with E-state index in [1.54, 1.807) is 25.3 Å². The van der Waals surface area contributed by atoms with Crippen molar-refractivity contribution < 1.29 is 9.53 Å². The lowest BCUT2D eigenvalue weighted by molar-refractivity contribution is 0.0919. The molecule has 15 heavy (non-hydrogen) atoms. The minimum Gasteiger partial charge on any atom is -0.497 e. The molecule has 0 aliphatic heterocycles. The van der Waals surface area contributed by atoms with E-state index in [-0.39, 0.29) is 11.4 Å². The van der Waals surface area contributed by atoms with E-state index in [4.69, 9.17) is 4.74 Å². The van der Waals surface area contributed by atoms with Crippen LogP contribution in [0.3, 0.4) is 0 Å². The van der Waals surface area contributed by atoms with Gasteiger partial charge in [-0.05, 0) is 39.0 Å². The maximum atomic E-state index is 11.8. The molecule has 3 heteroatoms. The molecule has 0 heterocycles. The lowest BCUT2D eigenvalue weighted by Crippen LogP contribution is -2.40. The normalized spacial score (nSPS) is 10.9. The molecule has 1 aromatic rings. The summed E-state index contributed by atoms with van der Waals surface area (Å²) in [6.07, 6.45) is 0. The van der Waals surface area contributed by atoms with E-state index in [0.717, 1.165) is 0 Å². The SMILES string of the molecule is COc1cccc(C(=O)NC(C)(C)C)c1. The van der Waals surface area contributed by atoms with Crippen molar-refractivity contribution >= 4 is 5.91 Å². The maximum Gasteiger partial charge on any atom is 0.251 e. The Morgan fingerprint density at radius 2 is 2.00 bits per heavy atom. The number of hydrogen-bond donors (Lipinski definition) is 1. The molecule has 0 saturated heterocycles. The maximum absolute atomic E-state index is 11.8. The van der Waals surface area contributed by atoms with Gasteiger partial charge in [-0.15, -0.1) is 0 Å². The lowest BCUT2D eigenvalue weighted by Gasteiger charge is -2.20. The van der Waals surface area contributed by atoms with Crippen molar-refractivity contribution in [2.75, 3.05) is 7.11 Å². The third-order valence-electron chi connectivity index (χ3n) is 1.82. The zero-order valence-electron chi connectivity index (χ0n) is 9.63. The summed E-state index contributed by atoms with van der Waals surface area (Å²) in [5.74, 6) is 0.609. The molecule has 0 saturated carbocycles. The number of carbonyl (C=O) groups excluding carboxylic acids is 1. The predicted molar refractivity (Wildman–Crippen MR) is 60.2 cm³/mol. The van der Waals surface area contributed by atoms with Crippen LogP contribution in [-0.4, -0.2) is 18.6 Å². The molecule has 0 aliphatic rings. The van der Waals surface area contributed by atoms with Gasteiger partial charge in [0.15, 0.2) is 0 Å². The van der Waals surface area contributed by atoms with Crippen LogP contribution in [0.25, 0.3) is 0 Å². The minimum atomic E-state index is -0.222. The monoisotopic (exact) mass is 207 g/mol. The van der Waals surface area contributed by atoms with Crippen LogP contribution < -0.4 is 10.1 Å². The summed E-state index contributed by atoms with van der Waals surface area (Å²) in [6, 6.07) is 7.11. The van der Waals surface area contributed by atoms with Gasteiger partial charge in [0.2, 0.25) is 0 Å². The first kappa shape index (κ1) is 11.6. The Bertz CT molecular complexity index is 353. The smallest absolute Gasteiger partial charge is 0.251 e. The van der Waals surface area contributed by atoms with E-state index in [1.807, 2.05) is 26.8 Å². The fraction of sp³-hybridized carbons (Fsp3) is 0.417. The van der Waals surface area contributed by atoms with Gasteiger partial charge < -0.3 is 10.1 Å². The first-order valence-electron chi connectivity index (χ1n) is 4.89. The minimum absolute atomic E-state index is 0.0820. The highest BCUT2D eigenvalue weighted by Gasteiger charge is 2.15. The van der Waals surface area contributed by atoms with Crippen molar-refractivity contribution in [1.82, 2.24) is 5.32 Å². The van der Waals surface area contributed by atoms with Crippen molar-refractivity contribution in [1.29, 1.82) is 0 Å². The van der Waals surface area contributed by atoms with E-state index in [0.29, 0.717) is 11.3 Å². The Balaban J connectivity index is 2.82. The fourth-order valence-corrected chi connectivity index (χ4v) is 1.18. The summed E-state index contributed by atoms with van der Waals surface area (Å²) >= 11 is 0. The summed E-state index contributed by atoms with van der Waals surface area (Å²) in [5, 5.41) is 2.89. The predicted octanol–water partition coefficient (Wildman–Crippen LogP) is 2.22. The highest BCUT2D eigenvalue weighted by molar-refractivity contribution is 5.94. The van der Waals surface area contributed by atoms with Crippen LogP contribution in [0, 0.1) is 0 Å². The van der Waals surface area contributed by atoms with Crippen molar-refractivity contribution in [2.45, 2.75) is 26.3 Å². The van der Waals surface area contributed by atoms with E-state index in [9.17, 15) is 4.79 Å². The zero-order valence-corrected chi connectivity index (χ0v) is 9.63. The first-order valence-corrected chi connectivity index (χ1v) is 4.89. The number of rotatable bonds is 2. The number of benzene rings is 1. The number of ether oxygens (including phenoxy) is 1. The van der Waals surface area contributed by atoms with Crippen LogP contribution >= 0.6 is 0 Å². The summed E-state index contributed by atoms with van der Waals surface area (Å²) in [6.45, 7) is 5.85. The second-order valence-electron chi connectivity index (χ2n) is 4.44. The number of nitrogens with one attached hydrogen (secondary N) is 1. The zero-order chi connectivity index (χ0) is 11.5. The van der Waals surface area contributed by atoms with Gasteiger partial charge >= 0.3 is 0 Å². The average Bonchev–Trinajstić information content (AvgIpc) is 2.15. The Morgan fingerprint density at radius 1 is 1.33 bits per heavy atom. The highest BCUT2D eigenvalue weighted by Crippen LogP contribution is 2.13. The van der Waals surface area contributed by atoms with Gasteiger partial charge in [-0.3, -0.25) is 4.79 Å². The molecule has 1 amide bonds. The van der Waals surface area contributed by atoms with Crippen LogP contribution in [0.15, 0.2) is 24.3 Å². The van der Waals surface area contributed by atoms with Gasteiger partial charge in [0, 0.05) is 11.1 Å². The summed E-state index contributed by atoms with van der Waals surface area (Å²) in [7, 11) is 1.58. The van der Waals surface area contributed by atoms with Gasteiger partial charge in [-0.25, -0.2) is 0 Å². The quantitative estimate of drug-likeness (QED) is 0.807. The van der Waals surface area contributed by atoms with E-state index in [1.165, 1.54) is 0 Å². The van der Waals surface area contributed by atoms with Crippen LogP contribution in [0.2, 0.25) is 0 Å². The van der Waals surface area contributed by atoms with Crippen LogP contribution in [-0.2, 0) is 0 Å².